The molecule has 0 saturated heterocycles. The van der Waals surface area contributed by atoms with Gasteiger partial charge in [0.2, 0.25) is 0 Å². The van der Waals surface area contributed by atoms with Crippen LogP contribution in [-0.2, 0) is 10.0 Å². The van der Waals surface area contributed by atoms with Gasteiger partial charge in [-0.25, -0.2) is 8.42 Å². The fraction of sp³-hybridized carbons (Fsp3) is 0.200. The Morgan fingerprint density at radius 1 is 0.920 bits per heavy atom. The number of hydrogen-bond donors (Lipinski definition) is 1. The highest BCUT2D eigenvalue weighted by Crippen LogP contribution is 2.50. The van der Waals surface area contributed by atoms with Crippen LogP contribution in [0.3, 0.4) is 0 Å². The summed E-state index contributed by atoms with van der Waals surface area (Å²) in [7, 11) is -4.15. The monoisotopic (exact) mass is 377 g/mol. The number of rotatable bonds is 3. The average molecular weight is 377 g/mol. The number of fused-ring (bicyclic) bond motifs is 1. The zero-order valence-corrected chi connectivity index (χ0v) is 13.4. The van der Waals surface area contributed by atoms with Gasteiger partial charge in [-0.15, -0.1) is 0 Å². The summed E-state index contributed by atoms with van der Waals surface area (Å²) in [5.74, 6) is -1.53. The lowest BCUT2D eigenvalue weighted by atomic mass is 10.2. The van der Waals surface area contributed by atoms with Crippen molar-refractivity contribution in [2.24, 2.45) is 0 Å². The standard InChI is InChI=1S/C15H11F4NO4S/c1-9-5-7-10(8-6-9)25(21,22)20-11-3-2-4-12-13(11)24-15(18,19)14(16,17)23-12/h2-8,20H,1H3. The Kier molecular flexibility index (Phi) is 3.82. The highest BCUT2D eigenvalue weighted by Gasteiger charge is 2.66. The molecule has 0 aliphatic carbocycles. The molecule has 0 fully saturated rings. The third kappa shape index (κ3) is 3.09. The molecular weight excluding hydrogens is 366 g/mol. The fourth-order valence-corrected chi connectivity index (χ4v) is 3.15. The summed E-state index contributed by atoms with van der Waals surface area (Å²) < 4.78 is 87.9. The third-order valence-corrected chi connectivity index (χ3v) is 4.74. The third-order valence-electron chi connectivity index (χ3n) is 3.36. The smallest absolute Gasteiger partial charge is 0.421 e. The largest absolute Gasteiger partial charge is 0.507 e. The normalized spacial score (nSPS) is 17.8. The van der Waals surface area contributed by atoms with Crippen LogP contribution in [0.5, 0.6) is 11.5 Å². The van der Waals surface area contributed by atoms with Gasteiger partial charge in [0.05, 0.1) is 10.6 Å². The summed E-state index contributed by atoms with van der Waals surface area (Å²) >= 11 is 0. The van der Waals surface area contributed by atoms with Gasteiger partial charge in [0.25, 0.3) is 10.0 Å². The van der Waals surface area contributed by atoms with Gasteiger partial charge in [0.15, 0.2) is 11.5 Å². The highest BCUT2D eigenvalue weighted by atomic mass is 32.2. The maximum Gasteiger partial charge on any atom is 0.507 e. The summed E-state index contributed by atoms with van der Waals surface area (Å²) in [6.07, 6.45) is -9.83. The minimum atomic E-state index is -4.95. The molecule has 1 aliphatic heterocycles. The van der Waals surface area contributed by atoms with E-state index in [-0.39, 0.29) is 4.90 Å². The van der Waals surface area contributed by atoms with E-state index >= 15 is 0 Å². The molecule has 2 aromatic carbocycles. The lowest BCUT2D eigenvalue weighted by Gasteiger charge is -2.32. The van der Waals surface area contributed by atoms with Crippen LogP contribution < -0.4 is 14.2 Å². The van der Waals surface area contributed by atoms with Gasteiger partial charge in [-0.2, -0.15) is 17.6 Å². The molecule has 0 spiro atoms. The second kappa shape index (κ2) is 5.51. The van der Waals surface area contributed by atoms with E-state index in [1.54, 1.807) is 19.1 Å². The van der Waals surface area contributed by atoms with Crippen LogP contribution in [0.2, 0.25) is 0 Å². The van der Waals surface area contributed by atoms with Crippen LogP contribution in [0.15, 0.2) is 47.4 Å². The molecular formula is C15H11F4NO4S. The molecule has 10 heteroatoms. The number of para-hydroxylation sites is 1. The van der Waals surface area contributed by atoms with Crippen LogP contribution >= 0.6 is 0 Å². The molecule has 5 nitrogen and oxygen atoms in total. The van der Waals surface area contributed by atoms with E-state index in [1.807, 2.05) is 4.72 Å². The Morgan fingerprint density at radius 3 is 2.16 bits per heavy atom. The van der Waals surface area contributed by atoms with E-state index < -0.39 is 39.4 Å². The van der Waals surface area contributed by atoms with Crippen LogP contribution in [0.4, 0.5) is 23.2 Å². The van der Waals surface area contributed by atoms with Crippen LogP contribution in [0.25, 0.3) is 0 Å². The molecule has 2 aromatic rings. The van der Waals surface area contributed by atoms with Gasteiger partial charge in [-0.1, -0.05) is 23.8 Å². The first-order valence-corrected chi connectivity index (χ1v) is 8.36. The van der Waals surface area contributed by atoms with E-state index in [0.29, 0.717) is 0 Å². The zero-order chi connectivity index (χ0) is 18.5. The second-order valence-electron chi connectivity index (χ2n) is 5.29. The maximum absolute atomic E-state index is 13.4. The molecule has 0 radical (unpaired) electrons. The predicted molar refractivity (Wildman–Crippen MR) is 79.6 cm³/mol. The summed E-state index contributed by atoms with van der Waals surface area (Å²) in [6, 6.07) is 8.93. The van der Waals surface area contributed by atoms with E-state index in [0.717, 1.165) is 23.8 Å². The van der Waals surface area contributed by atoms with Crippen LogP contribution in [0.1, 0.15) is 5.56 Å². The predicted octanol–water partition coefficient (Wildman–Crippen LogP) is 3.75. The van der Waals surface area contributed by atoms with Gasteiger partial charge in [-0.3, -0.25) is 4.72 Å². The lowest BCUT2D eigenvalue weighted by molar-refractivity contribution is -0.391. The van der Waals surface area contributed by atoms with Crippen molar-refractivity contribution >= 4 is 15.7 Å². The minimum Gasteiger partial charge on any atom is -0.421 e. The number of alkyl halides is 4. The fourth-order valence-electron chi connectivity index (χ4n) is 2.09. The number of anilines is 1. The number of aryl methyl sites for hydroxylation is 1. The molecule has 0 aromatic heterocycles. The number of halogens is 4. The van der Waals surface area contributed by atoms with Crippen molar-refractivity contribution < 1.29 is 35.5 Å². The molecule has 25 heavy (non-hydrogen) atoms. The Morgan fingerprint density at radius 2 is 1.52 bits per heavy atom. The van der Waals surface area contributed by atoms with Crippen molar-refractivity contribution in [3.05, 3.63) is 48.0 Å². The first-order valence-electron chi connectivity index (χ1n) is 6.88. The van der Waals surface area contributed by atoms with Crippen LogP contribution in [0, 0.1) is 6.92 Å². The number of ether oxygens (including phenoxy) is 2. The van der Waals surface area contributed by atoms with Gasteiger partial charge >= 0.3 is 12.2 Å². The molecule has 1 N–H and O–H groups in total. The Labute approximate surface area is 140 Å². The minimum absolute atomic E-state index is 0.135. The number of nitrogens with one attached hydrogen (secondary N) is 1. The molecule has 0 bridgehead atoms. The maximum atomic E-state index is 13.4. The summed E-state index contributed by atoms with van der Waals surface area (Å²) in [4.78, 5) is -0.135. The molecule has 0 amide bonds. The Balaban J connectivity index is 1.99. The van der Waals surface area contributed by atoms with Gasteiger partial charge in [0.1, 0.15) is 0 Å². The highest BCUT2D eigenvalue weighted by molar-refractivity contribution is 7.92. The first-order chi connectivity index (χ1) is 11.5. The average Bonchev–Trinajstić information content (AvgIpc) is 2.49. The van der Waals surface area contributed by atoms with Crippen molar-refractivity contribution in [1.82, 2.24) is 0 Å². The Hall–Kier alpha value is -2.49. The zero-order valence-electron chi connectivity index (χ0n) is 12.6. The topological polar surface area (TPSA) is 64.6 Å². The van der Waals surface area contributed by atoms with E-state index in [4.69, 9.17) is 0 Å². The van der Waals surface area contributed by atoms with E-state index in [1.165, 1.54) is 12.1 Å². The van der Waals surface area contributed by atoms with Crippen molar-refractivity contribution in [3.8, 4) is 11.5 Å². The lowest BCUT2D eigenvalue weighted by Crippen LogP contribution is -2.52. The SMILES string of the molecule is Cc1ccc(S(=O)(=O)Nc2cccc3c2OC(F)(F)C(F)(F)O3)cc1. The summed E-state index contributed by atoms with van der Waals surface area (Å²) in [5, 5.41) is 0. The van der Waals surface area contributed by atoms with Gasteiger partial charge < -0.3 is 9.47 Å². The van der Waals surface area contributed by atoms with E-state index in [9.17, 15) is 26.0 Å². The quantitative estimate of drug-likeness (QED) is 0.828. The molecule has 134 valence electrons. The molecule has 0 atom stereocenters. The van der Waals surface area contributed by atoms with Crippen molar-refractivity contribution in [3.63, 3.8) is 0 Å². The van der Waals surface area contributed by atoms with E-state index in [2.05, 4.69) is 9.47 Å². The summed E-state index contributed by atoms with van der Waals surface area (Å²) in [6.45, 7) is 1.75. The molecule has 1 heterocycles. The van der Waals surface area contributed by atoms with Crippen LogP contribution in [-0.4, -0.2) is 20.6 Å². The second-order valence-corrected chi connectivity index (χ2v) is 6.97. The number of sulfonamides is 1. The van der Waals surface area contributed by atoms with Crippen molar-refractivity contribution in [1.29, 1.82) is 0 Å². The van der Waals surface area contributed by atoms with Gasteiger partial charge in [0, 0.05) is 0 Å². The molecule has 3 rings (SSSR count). The number of hydrogen-bond acceptors (Lipinski definition) is 4. The summed E-state index contributed by atoms with van der Waals surface area (Å²) in [5.41, 5.74) is 0.364. The van der Waals surface area contributed by atoms with Crippen molar-refractivity contribution in [2.45, 2.75) is 24.0 Å². The molecule has 0 saturated carbocycles. The first kappa shape index (κ1) is 17.3. The number of benzene rings is 2. The molecule has 1 aliphatic rings. The Bertz CT molecular complexity index is 914. The van der Waals surface area contributed by atoms with Crippen molar-refractivity contribution in [2.75, 3.05) is 4.72 Å². The molecule has 0 unspecified atom stereocenters. The van der Waals surface area contributed by atoms with Gasteiger partial charge in [-0.05, 0) is 31.2 Å².